The first-order valence-electron chi connectivity index (χ1n) is 8.90. The summed E-state index contributed by atoms with van der Waals surface area (Å²) in [7, 11) is -1.78. The number of fused-ring (bicyclic) bond motifs is 1. The van der Waals surface area contributed by atoms with Crippen molar-refractivity contribution < 1.29 is 13.5 Å². The van der Waals surface area contributed by atoms with E-state index in [2.05, 4.69) is 14.9 Å². The predicted octanol–water partition coefficient (Wildman–Crippen LogP) is 2.18. The number of aryl methyl sites for hydroxylation is 1. The summed E-state index contributed by atoms with van der Waals surface area (Å²) in [5, 5.41) is 9.93. The maximum atomic E-state index is 13.0. The summed E-state index contributed by atoms with van der Waals surface area (Å²) in [5.41, 5.74) is 1.37. The molecule has 1 aliphatic carbocycles. The average Bonchev–Trinajstić information content (AvgIpc) is 3.06. The lowest BCUT2D eigenvalue weighted by molar-refractivity contribution is 0.141. The molecule has 1 aromatic carbocycles. The van der Waals surface area contributed by atoms with Gasteiger partial charge in [0.25, 0.3) is 10.0 Å². The van der Waals surface area contributed by atoms with Gasteiger partial charge in [0.2, 0.25) is 0 Å². The number of hydrogen-bond acceptors (Lipinski definition) is 6. The Labute approximate surface area is 158 Å². The minimum Gasteiger partial charge on any atom is -0.396 e. The first-order valence-corrected chi connectivity index (χ1v) is 10.3. The zero-order valence-corrected chi connectivity index (χ0v) is 16.1. The van der Waals surface area contributed by atoms with E-state index in [0.717, 1.165) is 18.4 Å². The molecule has 0 aliphatic heterocycles. The number of aliphatic hydroxyl groups is 1. The molecule has 4 rings (SSSR count). The lowest BCUT2D eigenvalue weighted by Crippen LogP contribution is -2.44. The summed E-state index contributed by atoms with van der Waals surface area (Å²) in [6.45, 7) is 2.12. The zero-order chi connectivity index (χ0) is 19.2. The van der Waals surface area contributed by atoms with Crippen LogP contribution in [0.15, 0.2) is 47.8 Å². The van der Waals surface area contributed by atoms with Gasteiger partial charge in [0.15, 0.2) is 5.65 Å². The maximum absolute atomic E-state index is 13.0. The molecule has 1 saturated carbocycles. The molecule has 142 valence electrons. The zero-order valence-electron chi connectivity index (χ0n) is 15.3. The van der Waals surface area contributed by atoms with Crippen LogP contribution >= 0.6 is 0 Å². The largest absolute Gasteiger partial charge is 0.396 e. The Bertz CT molecular complexity index is 1070. The number of anilines is 1. The quantitative estimate of drug-likeness (QED) is 0.723. The smallest absolute Gasteiger partial charge is 0.269 e. The molecule has 27 heavy (non-hydrogen) atoms. The van der Waals surface area contributed by atoms with Crippen LogP contribution in [0.25, 0.3) is 11.0 Å². The second-order valence-electron chi connectivity index (χ2n) is 7.15. The van der Waals surface area contributed by atoms with Crippen LogP contribution in [0.4, 0.5) is 5.82 Å². The molecular weight excluding hydrogens is 364 g/mol. The molecule has 0 atom stereocenters. The van der Waals surface area contributed by atoms with Gasteiger partial charge in [-0.25, -0.2) is 22.4 Å². The monoisotopic (exact) mass is 386 g/mol. The Morgan fingerprint density at radius 1 is 1.19 bits per heavy atom. The Hall–Kier alpha value is -2.45. The van der Waals surface area contributed by atoms with E-state index in [1.54, 1.807) is 30.3 Å². The third kappa shape index (κ3) is 2.98. The molecule has 0 unspecified atom stereocenters. The molecule has 8 heteroatoms. The molecule has 3 aromatic rings. The van der Waals surface area contributed by atoms with Crippen molar-refractivity contribution in [2.75, 3.05) is 18.6 Å². The number of benzene rings is 1. The standard InChI is InChI=1S/C19H22N4O3S/c1-13-3-5-16(6-4-13)27(25,26)23-8-7-17-18(20-12-21-19(17)23)22(2)15-9-14(10-15)11-24/h3-8,12,14-15,24H,9-11H2,1-2H3. The molecule has 0 spiro atoms. The van der Waals surface area contributed by atoms with E-state index in [1.807, 2.05) is 14.0 Å². The van der Waals surface area contributed by atoms with E-state index in [-0.39, 0.29) is 17.5 Å². The van der Waals surface area contributed by atoms with Crippen molar-refractivity contribution >= 4 is 26.9 Å². The number of aliphatic hydroxyl groups excluding tert-OH is 1. The highest BCUT2D eigenvalue weighted by molar-refractivity contribution is 7.90. The first kappa shape index (κ1) is 17.9. The second kappa shape index (κ2) is 6.61. The van der Waals surface area contributed by atoms with Crippen LogP contribution < -0.4 is 4.90 Å². The molecule has 1 aliphatic rings. The molecule has 0 amide bonds. The molecule has 1 N–H and O–H groups in total. The first-order chi connectivity index (χ1) is 12.9. The summed E-state index contributed by atoms with van der Waals surface area (Å²) >= 11 is 0. The average molecular weight is 386 g/mol. The van der Waals surface area contributed by atoms with E-state index in [4.69, 9.17) is 0 Å². The molecule has 1 fully saturated rings. The van der Waals surface area contributed by atoms with Gasteiger partial charge in [-0.3, -0.25) is 0 Å². The van der Waals surface area contributed by atoms with Crippen molar-refractivity contribution in [1.82, 2.24) is 13.9 Å². The van der Waals surface area contributed by atoms with Crippen molar-refractivity contribution in [1.29, 1.82) is 0 Å². The topological polar surface area (TPSA) is 88.3 Å². The lowest BCUT2D eigenvalue weighted by atomic mass is 9.80. The summed E-state index contributed by atoms with van der Waals surface area (Å²) in [4.78, 5) is 10.9. The van der Waals surface area contributed by atoms with Gasteiger partial charge in [-0.2, -0.15) is 0 Å². The van der Waals surface area contributed by atoms with Crippen LogP contribution in [0, 0.1) is 12.8 Å². The summed E-state index contributed by atoms with van der Waals surface area (Å²) in [6.07, 6.45) is 4.74. The van der Waals surface area contributed by atoms with Gasteiger partial charge < -0.3 is 10.0 Å². The van der Waals surface area contributed by atoms with Gasteiger partial charge >= 0.3 is 0 Å². The van der Waals surface area contributed by atoms with Gasteiger partial charge in [0.1, 0.15) is 12.1 Å². The Kier molecular flexibility index (Phi) is 4.39. The van der Waals surface area contributed by atoms with Crippen molar-refractivity contribution in [3.63, 3.8) is 0 Å². The van der Waals surface area contributed by atoms with E-state index >= 15 is 0 Å². The molecule has 0 saturated heterocycles. The van der Waals surface area contributed by atoms with Crippen LogP contribution in [0.5, 0.6) is 0 Å². The molecule has 0 bridgehead atoms. The fourth-order valence-electron chi connectivity index (χ4n) is 3.55. The number of rotatable bonds is 5. The predicted molar refractivity (Wildman–Crippen MR) is 103 cm³/mol. The van der Waals surface area contributed by atoms with Gasteiger partial charge in [-0.1, -0.05) is 17.7 Å². The Morgan fingerprint density at radius 2 is 1.89 bits per heavy atom. The number of aromatic nitrogens is 3. The maximum Gasteiger partial charge on any atom is 0.269 e. The van der Waals surface area contributed by atoms with E-state index in [9.17, 15) is 13.5 Å². The minimum absolute atomic E-state index is 0.203. The lowest BCUT2D eigenvalue weighted by Gasteiger charge is -2.41. The highest BCUT2D eigenvalue weighted by Crippen LogP contribution is 2.35. The molecule has 2 aromatic heterocycles. The number of nitrogens with zero attached hydrogens (tertiary/aromatic N) is 4. The third-order valence-corrected chi connectivity index (χ3v) is 7.04. The van der Waals surface area contributed by atoms with Gasteiger partial charge in [-0.15, -0.1) is 0 Å². The van der Waals surface area contributed by atoms with Crippen LogP contribution in [-0.4, -0.2) is 47.2 Å². The fraction of sp³-hybridized carbons (Fsp3) is 0.368. The van der Waals surface area contributed by atoms with Crippen LogP contribution in [0.1, 0.15) is 18.4 Å². The van der Waals surface area contributed by atoms with Crippen molar-refractivity contribution in [3.8, 4) is 0 Å². The van der Waals surface area contributed by atoms with E-state index < -0.39 is 10.0 Å². The van der Waals surface area contributed by atoms with Gasteiger partial charge in [0.05, 0.1) is 10.3 Å². The van der Waals surface area contributed by atoms with Crippen molar-refractivity contribution in [2.45, 2.75) is 30.7 Å². The molecule has 7 nitrogen and oxygen atoms in total. The fourth-order valence-corrected chi connectivity index (χ4v) is 4.85. The summed E-state index contributed by atoms with van der Waals surface area (Å²) in [5.74, 6) is 1.04. The molecule has 0 radical (unpaired) electrons. The molecular formula is C19H22N4O3S. The third-order valence-electron chi connectivity index (χ3n) is 5.36. The number of hydrogen-bond donors (Lipinski definition) is 1. The Balaban J connectivity index is 1.73. The van der Waals surface area contributed by atoms with Crippen LogP contribution in [-0.2, 0) is 10.0 Å². The Morgan fingerprint density at radius 3 is 2.56 bits per heavy atom. The van der Waals surface area contributed by atoms with Crippen LogP contribution in [0.3, 0.4) is 0 Å². The van der Waals surface area contributed by atoms with Crippen molar-refractivity contribution in [2.24, 2.45) is 5.92 Å². The van der Waals surface area contributed by atoms with Crippen molar-refractivity contribution in [3.05, 3.63) is 48.4 Å². The summed E-state index contributed by atoms with van der Waals surface area (Å²) < 4.78 is 27.3. The van der Waals surface area contributed by atoms with Gasteiger partial charge in [-0.05, 0) is 43.9 Å². The highest BCUT2D eigenvalue weighted by Gasteiger charge is 2.33. The van der Waals surface area contributed by atoms with E-state index in [0.29, 0.717) is 22.8 Å². The highest BCUT2D eigenvalue weighted by atomic mass is 32.2. The van der Waals surface area contributed by atoms with Gasteiger partial charge in [0, 0.05) is 25.9 Å². The SMILES string of the molecule is Cc1ccc(S(=O)(=O)n2ccc3c(N(C)C4CC(CO)C4)ncnc32)cc1. The van der Waals surface area contributed by atoms with E-state index in [1.165, 1.54) is 16.5 Å². The van der Waals surface area contributed by atoms with Crippen LogP contribution in [0.2, 0.25) is 0 Å². The minimum atomic E-state index is -3.73. The second-order valence-corrected chi connectivity index (χ2v) is 8.96. The normalized spacial score (nSPS) is 19.8. The summed E-state index contributed by atoms with van der Waals surface area (Å²) in [6, 6.07) is 8.80. The molecule has 2 heterocycles.